The van der Waals surface area contributed by atoms with Gasteiger partial charge in [0.15, 0.2) is 17.5 Å². The van der Waals surface area contributed by atoms with Gasteiger partial charge in [0.05, 0.1) is 0 Å². The zero-order valence-electron chi connectivity index (χ0n) is 26.9. The summed E-state index contributed by atoms with van der Waals surface area (Å²) in [5, 5.41) is 0. The number of hydrogen-bond acceptors (Lipinski definition) is 4. The van der Waals surface area contributed by atoms with Crippen LogP contribution in [0.4, 0.5) is 0 Å². The van der Waals surface area contributed by atoms with E-state index in [2.05, 4.69) is 97.7 Å². The molecule has 1 fully saturated rings. The highest BCUT2D eigenvalue weighted by atomic mass is 15.0. The van der Waals surface area contributed by atoms with Crippen LogP contribution in [0.1, 0.15) is 54.4 Å². The lowest BCUT2D eigenvalue weighted by molar-refractivity contribution is 0.659. The van der Waals surface area contributed by atoms with Crippen LogP contribution >= 0.6 is 0 Å². The summed E-state index contributed by atoms with van der Waals surface area (Å²) < 4.78 is 0. The number of pyridine rings is 1. The molecule has 3 aliphatic rings. The molecule has 0 bridgehead atoms. The van der Waals surface area contributed by atoms with Crippen LogP contribution in [0.3, 0.4) is 0 Å². The molecule has 10 rings (SSSR count). The normalized spacial score (nSPS) is 17.5. The Morgan fingerprint density at radius 1 is 0.479 bits per heavy atom. The van der Waals surface area contributed by atoms with Crippen molar-refractivity contribution in [3.05, 3.63) is 156 Å². The predicted octanol–water partition coefficient (Wildman–Crippen LogP) is 10.5. The van der Waals surface area contributed by atoms with E-state index >= 15 is 0 Å². The van der Waals surface area contributed by atoms with E-state index in [0.717, 1.165) is 16.8 Å². The zero-order chi connectivity index (χ0) is 32.0. The van der Waals surface area contributed by atoms with Gasteiger partial charge in [-0.25, -0.2) is 15.0 Å². The summed E-state index contributed by atoms with van der Waals surface area (Å²) in [6.07, 6.45) is 3.04. The topological polar surface area (TPSA) is 51.6 Å². The number of rotatable bonds is 4. The van der Waals surface area contributed by atoms with Gasteiger partial charge in [0.2, 0.25) is 0 Å². The maximum atomic E-state index is 4.90. The summed E-state index contributed by atoms with van der Waals surface area (Å²) in [6, 6.07) is 45.6. The van der Waals surface area contributed by atoms with Crippen molar-refractivity contribution in [1.82, 2.24) is 19.9 Å². The number of nitrogens with zero attached hydrogens (tertiary/aromatic N) is 4. The molecule has 0 aliphatic heterocycles. The van der Waals surface area contributed by atoms with Crippen LogP contribution in [-0.2, 0) is 5.41 Å². The molecule has 2 aromatic heterocycles. The largest absolute Gasteiger partial charge is 0.253 e. The second kappa shape index (κ2) is 10.1. The molecule has 4 heteroatoms. The van der Waals surface area contributed by atoms with Crippen LogP contribution in [0.25, 0.3) is 67.7 Å². The minimum Gasteiger partial charge on any atom is -0.253 e. The molecule has 7 aromatic rings. The van der Waals surface area contributed by atoms with Crippen LogP contribution in [-0.4, -0.2) is 19.9 Å². The lowest BCUT2D eigenvalue weighted by Crippen LogP contribution is -2.16. The van der Waals surface area contributed by atoms with Gasteiger partial charge in [-0.05, 0) is 98.2 Å². The quantitative estimate of drug-likeness (QED) is 0.197. The standard InChI is InChI=1S/C44H32N4/c1-44(2)38-22-29(19-20-32(38)37-24-34-31-13-7-6-12-30(31)33-23-35(33)36(34)25-39(37)44)26-15-17-28(18-16-26)42-46-41(27-10-4-3-5-11-27)47-43(48-42)40-14-8-9-21-45-40/h3-22,24-25,33,35H,23H2,1-2H3. The number of hydrogen-bond donors (Lipinski definition) is 0. The van der Waals surface area contributed by atoms with Gasteiger partial charge in [0.25, 0.3) is 0 Å². The maximum Gasteiger partial charge on any atom is 0.182 e. The summed E-state index contributed by atoms with van der Waals surface area (Å²) >= 11 is 0. The van der Waals surface area contributed by atoms with Gasteiger partial charge in [-0.15, -0.1) is 0 Å². The lowest BCUT2D eigenvalue weighted by Gasteiger charge is -2.25. The summed E-state index contributed by atoms with van der Waals surface area (Å²) in [4.78, 5) is 19.1. The third-order valence-corrected chi connectivity index (χ3v) is 10.7. The smallest absolute Gasteiger partial charge is 0.182 e. The van der Waals surface area contributed by atoms with E-state index in [1.807, 2.05) is 48.5 Å². The molecular weight excluding hydrogens is 585 g/mol. The monoisotopic (exact) mass is 616 g/mol. The third-order valence-electron chi connectivity index (χ3n) is 10.7. The van der Waals surface area contributed by atoms with Gasteiger partial charge in [-0.1, -0.05) is 117 Å². The number of aromatic nitrogens is 4. The van der Waals surface area contributed by atoms with Crippen molar-refractivity contribution in [3.8, 4) is 67.7 Å². The SMILES string of the molecule is CC1(C)c2cc(-c3ccc(-c4nc(-c5ccccc5)nc(-c5ccccn5)n4)cc3)ccc2-c2cc3c(cc21)C1CC1c1ccccc1-3. The van der Waals surface area contributed by atoms with Gasteiger partial charge in [-0.2, -0.15) is 0 Å². The second-order valence-electron chi connectivity index (χ2n) is 13.9. The molecule has 0 radical (unpaired) electrons. The van der Waals surface area contributed by atoms with Crippen LogP contribution < -0.4 is 0 Å². The van der Waals surface area contributed by atoms with Gasteiger partial charge >= 0.3 is 0 Å². The molecule has 1 saturated carbocycles. The van der Waals surface area contributed by atoms with E-state index in [1.165, 1.54) is 56.5 Å². The molecule has 4 nitrogen and oxygen atoms in total. The zero-order valence-corrected chi connectivity index (χ0v) is 26.9. The van der Waals surface area contributed by atoms with Crippen molar-refractivity contribution in [2.75, 3.05) is 0 Å². The van der Waals surface area contributed by atoms with Crippen LogP contribution in [0.15, 0.2) is 134 Å². The molecule has 0 N–H and O–H groups in total. The Hall–Kier alpha value is -5.74. The van der Waals surface area contributed by atoms with E-state index in [0.29, 0.717) is 29.3 Å². The highest BCUT2D eigenvalue weighted by molar-refractivity contribution is 5.90. The highest BCUT2D eigenvalue weighted by Crippen LogP contribution is 2.64. The summed E-state index contributed by atoms with van der Waals surface area (Å²) in [5.41, 5.74) is 16.5. The van der Waals surface area contributed by atoms with Crippen LogP contribution in [0.5, 0.6) is 0 Å². The van der Waals surface area contributed by atoms with Gasteiger partial charge in [0, 0.05) is 22.7 Å². The van der Waals surface area contributed by atoms with E-state index in [-0.39, 0.29) is 5.41 Å². The summed E-state index contributed by atoms with van der Waals surface area (Å²) in [6.45, 7) is 4.78. The van der Waals surface area contributed by atoms with Gasteiger partial charge in [-0.3, -0.25) is 4.98 Å². The predicted molar refractivity (Wildman–Crippen MR) is 192 cm³/mol. The summed E-state index contributed by atoms with van der Waals surface area (Å²) in [5.74, 6) is 3.18. The van der Waals surface area contributed by atoms with Gasteiger partial charge < -0.3 is 0 Å². The molecule has 2 unspecified atom stereocenters. The molecule has 0 saturated heterocycles. The first-order chi connectivity index (χ1) is 23.5. The average molecular weight is 617 g/mol. The molecule has 0 amide bonds. The Kier molecular flexibility index (Phi) is 5.78. The fourth-order valence-electron chi connectivity index (χ4n) is 8.11. The number of benzene rings is 5. The highest BCUT2D eigenvalue weighted by Gasteiger charge is 2.47. The Labute approximate surface area is 280 Å². The molecule has 48 heavy (non-hydrogen) atoms. The average Bonchev–Trinajstić information content (AvgIpc) is 3.93. The van der Waals surface area contributed by atoms with Crippen molar-refractivity contribution < 1.29 is 0 Å². The second-order valence-corrected chi connectivity index (χ2v) is 13.9. The van der Waals surface area contributed by atoms with E-state index in [1.54, 1.807) is 11.8 Å². The molecule has 5 aromatic carbocycles. The van der Waals surface area contributed by atoms with E-state index in [4.69, 9.17) is 15.0 Å². The Morgan fingerprint density at radius 3 is 1.92 bits per heavy atom. The molecule has 0 spiro atoms. The Balaban J connectivity index is 1.02. The van der Waals surface area contributed by atoms with E-state index < -0.39 is 0 Å². The number of fused-ring (bicyclic) bond motifs is 9. The molecule has 3 aliphatic carbocycles. The van der Waals surface area contributed by atoms with Crippen LogP contribution in [0.2, 0.25) is 0 Å². The first kappa shape index (κ1) is 27.4. The van der Waals surface area contributed by atoms with Crippen LogP contribution in [0, 0.1) is 0 Å². The van der Waals surface area contributed by atoms with E-state index in [9.17, 15) is 0 Å². The molecular formula is C44H32N4. The molecule has 228 valence electrons. The van der Waals surface area contributed by atoms with Gasteiger partial charge in [0.1, 0.15) is 5.69 Å². The Bertz CT molecular complexity index is 2340. The summed E-state index contributed by atoms with van der Waals surface area (Å²) in [7, 11) is 0. The first-order valence-electron chi connectivity index (χ1n) is 16.8. The van der Waals surface area contributed by atoms with Crippen molar-refractivity contribution in [3.63, 3.8) is 0 Å². The minimum atomic E-state index is -0.0718. The minimum absolute atomic E-state index is 0.0718. The first-order valence-corrected chi connectivity index (χ1v) is 16.8. The molecule has 2 heterocycles. The lowest BCUT2D eigenvalue weighted by atomic mass is 9.78. The Morgan fingerprint density at radius 2 is 1.12 bits per heavy atom. The fourth-order valence-corrected chi connectivity index (χ4v) is 8.11. The third kappa shape index (κ3) is 4.15. The van der Waals surface area contributed by atoms with Crippen molar-refractivity contribution in [2.45, 2.75) is 37.5 Å². The maximum absolute atomic E-state index is 4.90. The fraction of sp³-hybridized carbons (Fsp3) is 0.136. The van der Waals surface area contributed by atoms with Crippen molar-refractivity contribution >= 4 is 0 Å². The van der Waals surface area contributed by atoms with Crippen molar-refractivity contribution in [2.24, 2.45) is 0 Å². The molecule has 2 atom stereocenters. The van der Waals surface area contributed by atoms with Crippen molar-refractivity contribution in [1.29, 1.82) is 0 Å².